The summed E-state index contributed by atoms with van der Waals surface area (Å²) < 4.78 is 5.72. The molecule has 4 rings (SSSR count). The van der Waals surface area contributed by atoms with Crippen molar-refractivity contribution in [3.63, 3.8) is 0 Å². The quantitative estimate of drug-likeness (QED) is 0.696. The zero-order valence-corrected chi connectivity index (χ0v) is 18.0. The van der Waals surface area contributed by atoms with Crippen LogP contribution in [-0.2, 0) is 4.79 Å². The summed E-state index contributed by atoms with van der Waals surface area (Å²) in [5, 5.41) is 13.9. The molecule has 2 N–H and O–H groups in total. The number of β-amino-alcohol motifs (C(OH)–C–C–N with tert-alkyl or cyclic N) is 1. The van der Waals surface area contributed by atoms with Crippen LogP contribution in [0.5, 0.6) is 11.5 Å². The lowest BCUT2D eigenvalue weighted by atomic mass is 10.0. The fraction of sp³-hybridized carbons (Fsp3) is 0.478. The lowest BCUT2D eigenvalue weighted by Gasteiger charge is -2.36. The number of benzene rings is 1. The van der Waals surface area contributed by atoms with Crippen LogP contribution >= 0.6 is 0 Å². The zero-order chi connectivity index (χ0) is 21.7. The maximum Gasteiger partial charge on any atom is 0.238 e. The van der Waals surface area contributed by atoms with Gasteiger partial charge in [-0.3, -0.25) is 19.6 Å². The number of hydrogen-bond donors (Lipinski definition) is 2. The molecule has 31 heavy (non-hydrogen) atoms. The monoisotopic (exact) mass is 425 g/mol. The Kier molecular flexibility index (Phi) is 6.82. The molecule has 0 bridgehead atoms. The Morgan fingerprint density at radius 2 is 1.87 bits per heavy atom. The molecule has 2 aliphatic heterocycles. The number of ether oxygens (including phenoxy) is 1. The molecule has 2 aromatic rings. The Balaban J connectivity index is 1.22. The van der Waals surface area contributed by atoms with Crippen molar-refractivity contribution in [1.82, 2.24) is 19.7 Å². The third-order valence-electron chi connectivity index (χ3n) is 5.90. The molecule has 2 aliphatic rings. The van der Waals surface area contributed by atoms with Crippen molar-refractivity contribution >= 4 is 11.6 Å². The molecule has 1 atom stereocenters. The third kappa shape index (κ3) is 6.24. The van der Waals surface area contributed by atoms with Crippen LogP contribution in [0, 0.1) is 0 Å². The first-order valence-corrected chi connectivity index (χ1v) is 10.8. The normalized spacial score (nSPS) is 23.0. The van der Waals surface area contributed by atoms with Crippen LogP contribution in [0.1, 0.15) is 6.42 Å². The van der Waals surface area contributed by atoms with Crippen molar-refractivity contribution in [3.05, 3.63) is 48.8 Å². The molecule has 2 saturated heterocycles. The Morgan fingerprint density at radius 1 is 1.10 bits per heavy atom. The average molecular weight is 426 g/mol. The summed E-state index contributed by atoms with van der Waals surface area (Å²) >= 11 is 0. The molecule has 0 saturated carbocycles. The summed E-state index contributed by atoms with van der Waals surface area (Å²) in [6, 6.07) is 10.9. The van der Waals surface area contributed by atoms with Crippen LogP contribution in [0.15, 0.2) is 48.8 Å². The van der Waals surface area contributed by atoms with E-state index in [-0.39, 0.29) is 12.5 Å². The number of amides is 1. The first-order chi connectivity index (χ1) is 15.0. The first-order valence-electron chi connectivity index (χ1n) is 10.8. The topological polar surface area (TPSA) is 81.2 Å². The highest BCUT2D eigenvalue weighted by atomic mass is 16.5. The number of anilines is 1. The van der Waals surface area contributed by atoms with Crippen molar-refractivity contribution in [3.8, 4) is 11.5 Å². The molecule has 8 heteroatoms. The van der Waals surface area contributed by atoms with Crippen molar-refractivity contribution in [1.29, 1.82) is 0 Å². The van der Waals surface area contributed by atoms with E-state index in [4.69, 9.17) is 4.74 Å². The minimum atomic E-state index is -0.735. The molecule has 166 valence electrons. The summed E-state index contributed by atoms with van der Waals surface area (Å²) in [5.41, 5.74) is -0.0167. The number of likely N-dealkylation sites (tertiary alicyclic amines) is 1. The largest absolute Gasteiger partial charge is 0.456 e. The summed E-state index contributed by atoms with van der Waals surface area (Å²) in [6.45, 7) is 6.26. The summed E-state index contributed by atoms with van der Waals surface area (Å²) in [7, 11) is 2.13. The van der Waals surface area contributed by atoms with Crippen molar-refractivity contribution in [2.75, 3.05) is 64.7 Å². The number of rotatable bonds is 7. The number of carbonyl (C=O) groups is 1. The van der Waals surface area contributed by atoms with Crippen LogP contribution in [0.4, 0.5) is 5.69 Å². The van der Waals surface area contributed by atoms with Crippen LogP contribution in [0.25, 0.3) is 0 Å². The van der Waals surface area contributed by atoms with Gasteiger partial charge in [-0.2, -0.15) is 0 Å². The van der Waals surface area contributed by atoms with E-state index in [2.05, 4.69) is 27.1 Å². The van der Waals surface area contributed by atoms with E-state index in [1.165, 1.54) is 0 Å². The number of nitrogens with one attached hydrogen (secondary N) is 1. The van der Waals surface area contributed by atoms with Gasteiger partial charge in [0.25, 0.3) is 0 Å². The van der Waals surface area contributed by atoms with Gasteiger partial charge in [-0.15, -0.1) is 0 Å². The van der Waals surface area contributed by atoms with Gasteiger partial charge in [0.1, 0.15) is 11.5 Å². The van der Waals surface area contributed by atoms with Crippen molar-refractivity contribution in [2.45, 2.75) is 12.0 Å². The fourth-order valence-electron chi connectivity index (χ4n) is 4.18. The SMILES string of the molecule is CN1CCN(CC2(O)CCN(CC(=O)Nc3ccc(Oc4cccnc4)cc3)C2)CC1. The molecule has 0 spiro atoms. The smallest absolute Gasteiger partial charge is 0.238 e. The first kappa shape index (κ1) is 21.7. The van der Waals surface area contributed by atoms with Crippen LogP contribution in [0.3, 0.4) is 0 Å². The number of likely N-dealkylation sites (N-methyl/N-ethyl adjacent to an activating group) is 1. The van der Waals surface area contributed by atoms with Gasteiger partial charge in [-0.1, -0.05) is 0 Å². The number of piperazine rings is 1. The van der Waals surface area contributed by atoms with E-state index >= 15 is 0 Å². The maximum absolute atomic E-state index is 12.5. The average Bonchev–Trinajstić information content (AvgIpc) is 3.12. The summed E-state index contributed by atoms with van der Waals surface area (Å²) in [6.07, 6.45) is 4.04. The molecule has 3 heterocycles. The van der Waals surface area contributed by atoms with Gasteiger partial charge >= 0.3 is 0 Å². The number of aliphatic hydroxyl groups is 1. The van der Waals surface area contributed by atoms with E-state index in [9.17, 15) is 9.90 Å². The zero-order valence-electron chi connectivity index (χ0n) is 18.0. The molecule has 2 fully saturated rings. The summed E-state index contributed by atoms with van der Waals surface area (Å²) in [4.78, 5) is 23.2. The van der Waals surface area contributed by atoms with E-state index in [0.717, 1.165) is 38.4 Å². The second kappa shape index (κ2) is 9.74. The van der Waals surface area contributed by atoms with Gasteiger partial charge in [-0.25, -0.2) is 0 Å². The molecular formula is C23H31N5O3. The standard InChI is InChI=1S/C23H31N5O3/c1-26-11-13-27(14-12-26)17-23(30)8-10-28(18-23)16-22(29)25-19-4-6-20(7-5-19)31-21-3-2-9-24-15-21/h2-7,9,15,30H,8,10-14,16-18H2,1H3,(H,25,29). The highest BCUT2D eigenvalue weighted by Crippen LogP contribution is 2.24. The van der Waals surface area contributed by atoms with Gasteiger partial charge in [0.05, 0.1) is 18.3 Å². The van der Waals surface area contributed by atoms with E-state index < -0.39 is 5.60 Å². The van der Waals surface area contributed by atoms with Crippen molar-refractivity contribution in [2.24, 2.45) is 0 Å². The Hall–Kier alpha value is -2.52. The van der Waals surface area contributed by atoms with Crippen molar-refractivity contribution < 1.29 is 14.6 Å². The second-order valence-corrected chi connectivity index (χ2v) is 8.63. The number of aromatic nitrogens is 1. The minimum absolute atomic E-state index is 0.0789. The fourth-order valence-corrected chi connectivity index (χ4v) is 4.18. The lowest BCUT2D eigenvalue weighted by Crippen LogP contribution is -2.52. The molecule has 1 unspecified atom stereocenters. The van der Waals surface area contributed by atoms with Gasteiger partial charge in [0.15, 0.2) is 0 Å². The van der Waals surface area contributed by atoms with Gasteiger partial charge in [-0.05, 0) is 49.9 Å². The highest BCUT2D eigenvalue weighted by Gasteiger charge is 2.38. The second-order valence-electron chi connectivity index (χ2n) is 8.63. The molecule has 0 radical (unpaired) electrons. The lowest BCUT2D eigenvalue weighted by molar-refractivity contribution is -0.117. The van der Waals surface area contributed by atoms with E-state index in [1.807, 2.05) is 41.3 Å². The highest BCUT2D eigenvalue weighted by molar-refractivity contribution is 5.92. The van der Waals surface area contributed by atoms with Crippen LogP contribution in [-0.4, -0.2) is 95.7 Å². The number of nitrogens with zero attached hydrogens (tertiary/aromatic N) is 4. The maximum atomic E-state index is 12.5. The molecule has 8 nitrogen and oxygen atoms in total. The third-order valence-corrected chi connectivity index (χ3v) is 5.90. The Bertz CT molecular complexity index is 855. The van der Waals surface area contributed by atoms with Crippen LogP contribution < -0.4 is 10.1 Å². The van der Waals surface area contributed by atoms with Gasteiger partial charge in [0, 0.05) is 57.7 Å². The minimum Gasteiger partial charge on any atom is -0.456 e. The Labute approximate surface area is 183 Å². The molecular weight excluding hydrogens is 394 g/mol. The Morgan fingerprint density at radius 3 is 2.58 bits per heavy atom. The molecule has 0 aliphatic carbocycles. The van der Waals surface area contributed by atoms with E-state index in [1.54, 1.807) is 12.4 Å². The molecule has 1 amide bonds. The van der Waals surface area contributed by atoms with Gasteiger partial charge in [0.2, 0.25) is 5.91 Å². The predicted molar refractivity (Wildman–Crippen MR) is 119 cm³/mol. The summed E-state index contributed by atoms with van der Waals surface area (Å²) in [5.74, 6) is 1.27. The molecule has 1 aromatic carbocycles. The van der Waals surface area contributed by atoms with Crippen LogP contribution in [0.2, 0.25) is 0 Å². The van der Waals surface area contributed by atoms with E-state index in [0.29, 0.717) is 31.0 Å². The number of pyridine rings is 1. The molecule has 1 aromatic heterocycles. The number of hydrogen-bond acceptors (Lipinski definition) is 7. The predicted octanol–water partition coefficient (Wildman–Crippen LogP) is 1.50. The number of carbonyl (C=O) groups excluding carboxylic acids is 1. The van der Waals surface area contributed by atoms with Gasteiger partial charge < -0.3 is 20.1 Å².